The smallest absolute Gasteiger partial charge is 0.251 e. The molecule has 0 saturated carbocycles. The van der Waals surface area contributed by atoms with Crippen LogP contribution in [0.1, 0.15) is 42.5 Å². The summed E-state index contributed by atoms with van der Waals surface area (Å²) in [7, 11) is 0. The fourth-order valence-corrected chi connectivity index (χ4v) is 2.00. The number of hydrogen-bond donors (Lipinski definition) is 5. The highest BCUT2D eigenvalue weighted by Crippen LogP contribution is 2.18. The molecule has 7 N–H and O–H groups in total. The lowest BCUT2D eigenvalue weighted by Crippen LogP contribution is -2.24. The van der Waals surface area contributed by atoms with Crippen LogP contribution < -0.4 is 22.3 Å². The van der Waals surface area contributed by atoms with Crippen LogP contribution in [0.3, 0.4) is 0 Å². The maximum Gasteiger partial charge on any atom is 0.251 e. The monoisotopic (exact) mass is 339 g/mol. The van der Waals surface area contributed by atoms with Crippen molar-refractivity contribution in [2.24, 2.45) is 16.5 Å². The van der Waals surface area contributed by atoms with Gasteiger partial charge in [0.2, 0.25) is 5.91 Å². The minimum absolute atomic E-state index is 0.0292. The van der Waals surface area contributed by atoms with E-state index in [0.717, 1.165) is 25.3 Å². The molecule has 0 aliphatic carbocycles. The molecule has 2 amide bonds. The molecule has 24 heavy (non-hydrogen) atoms. The molecule has 1 rings (SSSR count). The molecule has 9 heteroatoms. The molecule has 8 nitrogen and oxygen atoms in total. The van der Waals surface area contributed by atoms with E-state index in [0.29, 0.717) is 13.0 Å². The number of unbranched alkanes of at least 4 members (excludes halogenated alkanes) is 3. The number of rotatable bonds is 9. The van der Waals surface area contributed by atoms with Gasteiger partial charge in [0.05, 0.1) is 0 Å². The molecule has 0 spiro atoms. The fraction of sp³-hybridized carbons (Fsp3) is 0.400. The van der Waals surface area contributed by atoms with Crippen LogP contribution in [0.25, 0.3) is 0 Å². The van der Waals surface area contributed by atoms with Gasteiger partial charge in [-0.1, -0.05) is 12.8 Å². The van der Waals surface area contributed by atoms with E-state index in [1.54, 1.807) is 5.48 Å². The zero-order valence-corrected chi connectivity index (χ0v) is 13.2. The standard InChI is InChI=1S/C15H22FN5O3/c16-11-9-10(6-7-12(11)20-15(17)18)14(23)19-8-4-2-1-3-5-13(22)21-24/h6-7,9,24H,1-5,8H2,(H,19,23)(H,21,22)(H4,17,18,20). The number of carbonyl (C=O) groups excluding carboxylic acids is 2. The van der Waals surface area contributed by atoms with Gasteiger partial charge in [0, 0.05) is 18.5 Å². The third-order valence-electron chi connectivity index (χ3n) is 3.20. The van der Waals surface area contributed by atoms with Crippen molar-refractivity contribution in [3.8, 4) is 0 Å². The Balaban J connectivity index is 2.32. The van der Waals surface area contributed by atoms with Gasteiger partial charge in [-0.05, 0) is 31.0 Å². The second kappa shape index (κ2) is 10.2. The number of nitrogens with one attached hydrogen (secondary N) is 2. The predicted molar refractivity (Wildman–Crippen MR) is 87.2 cm³/mol. The lowest BCUT2D eigenvalue weighted by atomic mass is 10.1. The second-order valence-corrected chi connectivity index (χ2v) is 5.16. The number of benzene rings is 1. The molecule has 1 aromatic rings. The van der Waals surface area contributed by atoms with Crippen LogP contribution in [0, 0.1) is 5.82 Å². The normalized spacial score (nSPS) is 10.1. The topological polar surface area (TPSA) is 143 Å². The van der Waals surface area contributed by atoms with Crippen molar-refractivity contribution in [1.29, 1.82) is 0 Å². The van der Waals surface area contributed by atoms with E-state index in [1.807, 2.05) is 0 Å². The fourth-order valence-electron chi connectivity index (χ4n) is 2.00. The lowest BCUT2D eigenvalue weighted by molar-refractivity contribution is -0.129. The third-order valence-corrected chi connectivity index (χ3v) is 3.20. The van der Waals surface area contributed by atoms with Crippen molar-refractivity contribution in [2.75, 3.05) is 6.54 Å². The summed E-state index contributed by atoms with van der Waals surface area (Å²) in [6, 6.07) is 3.84. The van der Waals surface area contributed by atoms with Crippen LogP contribution in [0.2, 0.25) is 0 Å². The zero-order valence-electron chi connectivity index (χ0n) is 13.2. The first-order chi connectivity index (χ1) is 11.4. The number of guanidine groups is 1. The Labute approximate surface area is 139 Å². The largest absolute Gasteiger partial charge is 0.370 e. The molecule has 132 valence electrons. The SMILES string of the molecule is NC(N)=Nc1ccc(C(=O)NCCCCCCC(=O)NO)cc1F. The molecule has 0 aliphatic rings. The van der Waals surface area contributed by atoms with Gasteiger partial charge >= 0.3 is 0 Å². The van der Waals surface area contributed by atoms with Gasteiger partial charge in [-0.25, -0.2) is 14.9 Å². The minimum atomic E-state index is -0.682. The van der Waals surface area contributed by atoms with Crippen LogP contribution in [0.4, 0.5) is 10.1 Å². The van der Waals surface area contributed by atoms with Crippen LogP contribution in [-0.4, -0.2) is 29.5 Å². The van der Waals surface area contributed by atoms with Gasteiger partial charge < -0.3 is 16.8 Å². The average molecular weight is 339 g/mol. The van der Waals surface area contributed by atoms with Gasteiger partial charge in [-0.2, -0.15) is 0 Å². The molecule has 0 bridgehead atoms. The second-order valence-electron chi connectivity index (χ2n) is 5.16. The Morgan fingerprint density at radius 1 is 1.17 bits per heavy atom. The summed E-state index contributed by atoms with van der Waals surface area (Å²) >= 11 is 0. The van der Waals surface area contributed by atoms with E-state index in [9.17, 15) is 14.0 Å². The van der Waals surface area contributed by atoms with Crippen molar-refractivity contribution in [2.45, 2.75) is 32.1 Å². The van der Waals surface area contributed by atoms with E-state index < -0.39 is 11.7 Å². The highest BCUT2D eigenvalue weighted by molar-refractivity contribution is 5.94. The number of halogens is 1. The maximum absolute atomic E-state index is 13.7. The molecule has 0 heterocycles. The number of hydroxylamine groups is 1. The number of carbonyl (C=O) groups is 2. The number of hydrogen-bond acceptors (Lipinski definition) is 4. The minimum Gasteiger partial charge on any atom is -0.370 e. The molecular formula is C15H22FN5O3. The molecule has 0 saturated heterocycles. The van der Waals surface area contributed by atoms with Crippen molar-refractivity contribution in [3.63, 3.8) is 0 Å². The van der Waals surface area contributed by atoms with Gasteiger partial charge in [0.1, 0.15) is 11.5 Å². The highest BCUT2D eigenvalue weighted by atomic mass is 19.1. The van der Waals surface area contributed by atoms with Crippen LogP contribution in [-0.2, 0) is 4.79 Å². The zero-order chi connectivity index (χ0) is 17.9. The first kappa shape index (κ1) is 19.4. The number of aliphatic imine (C=N–C) groups is 1. The van der Waals surface area contributed by atoms with Crippen LogP contribution in [0.15, 0.2) is 23.2 Å². The van der Waals surface area contributed by atoms with Crippen LogP contribution >= 0.6 is 0 Å². The molecule has 0 radical (unpaired) electrons. The lowest BCUT2D eigenvalue weighted by Gasteiger charge is -2.06. The molecular weight excluding hydrogens is 317 g/mol. The Hall–Kier alpha value is -2.68. The molecule has 0 unspecified atom stereocenters. The highest BCUT2D eigenvalue weighted by Gasteiger charge is 2.09. The first-order valence-corrected chi connectivity index (χ1v) is 7.54. The van der Waals surface area contributed by atoms with E-state index in [-0.39, 0.29) is 29.5 Å². The molecule has 0 atom stereocenters. The van der Waals surface area contributed by atoms with E-state index in [1.165, 1.54) is 12.1 Å². The van der Waals surface area contributed by atoms with Gasteiger partial charge in [-0.15, -0.1) is 0 Å². The summed E-state index contributed by atoms with van der Waals surface area (Å²) in [4.78, 5) is 26.3. The van der Waals surface area contributed by atoms with Crippen LogP contribution in [0.5, 0.6) is 0 Å². The summed E-state index contributed by atoms with van der Waals surface area (Å²) in [5, 5.41) is 11.0. The molecule has 0 aliphatic heterocycles. The summed E-state index contributed by atoms with van der Waals surface area (Å²) < 4.78 is 13.7. The van der Waals surface area contributed by atoms with Gasteiger partial charge in [0.15, 0.2) is 5.96 Å². The summed E-state index contributed by atoms with van der Waals surface area (Å²) in [6.45, 7) is 0.447. The van der Waals surface area contributed by atoms with E-state index in [4.69, 9.17) is 16.7 Å². The number of nitrogens with zero attached hydrogens (tertiary/aromatic N) is 1. The molecule has 1 aromatic carbocycles. The first-order valence-electron chi connectivity index (χ1n) is 7.54. The molecule has 0 aromatic heterocycles. The third kappa shape index (κ3) is 7.05. The van der Waals surface area contributed by atoms with Crippen molar-refractivity contribution in [1.82, 2.24) is 10.8 Å². The van der Waals surface area contributed by atoms with E-state index >= 15 is 0 Å². The summed E-state index contributed by atoms with van der Waals surface area (Å²) in [5.41, 5.74) is 12.1. The van der Waals surface area contributed by atoms with Gasteiger partial charge in [0.25, 0.3) is 5.91 Å². The number of nitrogens with two attached hydrogens (primary N) is 2. The Morgan fingerprint density at radius 3 is 2.50 bits per heavy atom. The number of amides is 2. The van der Waals surface area contributed by atoms with Crippen molar-refractivity contribution >= 4 is 23.5 Å². The quantitative estimate of drug-likeness (QED) is 0.149. The average Bonchev–Trinajstić information content (AvgIpc) is 2.54. The van der Waals surface area contributed by atoms with Gasteiger partial charge in [-0.3, -0.25) is 14.8 Å². The Bertz CT molecular complexity index is 603. The van der Waals surface area contributed by atoms with Crippen molar-refractivity contribution in [3.05, 3.63) is 29.6 Å². The Morgan fingerprint density at radius 2 is 1.88 bits per heavy atom. The maximum atomic E-state index is 13.7. The Kier molecular flexibility index (Phi) is 8.20. The van der Waals surface area contributed by atoms with Crippen molar-refractivity contribution < 1.29 is 19.2 Å². The summed E-state index contributed by atoms with van der Waals surface area (Å²) in [6.07, 6.45) is 3.31. The van der Waals surface area contributed by atoms with E-state index in [2.05, 4.69) is 10.3 Å². The predicted octanol–water partition coefficient (Wildman–Crippen LogP) is 0.916. The summed E-state index contributed by atoms with van der Waals surface area (Å²) in [5.74, 6) is -1.74. The molecule has 0 fully saturated rings.